The Bertz CT molecular complexity index is 1430. The fourth-order valence-electron chi connectivity index (χ4n) is 9.36. The Kier molecular flexibility index (Phi) is 16.9. The molecule has 2 saturated heterocycles. The first-order chi connectivity index (χ1) is 26.5. The summed E-state index contributed by atoms with van der Waals surface area (Å²) in [5.41, 5.74) is 1.71. The summed E-state index contributed by atoms with van der Waals surface area (Å²) >= 11 is 0. The lowest BCUT2D eigenvalue weighted by Gasteiger charge is -2.46. The monoisotopic (exact) mass is 791 g/mol. The number of Topliss-reactive ketones (excluding diaryl/α,β-unsaturated/α-hetero) is 2. The van der Waals surface area contributed by atoms with E-state index in [1.807, 2.05) is 32.9 Å². The number of allylic oxidation sites excluding steroid dienone is 3. The van der Waals surface area contributed by atoms with Gasteiger partial charge in [0.05, 0.1) is 36.4 Å². The number of carbonyl (C=O) groups is 4. The van der Waals surface area contributed by atoms with Gasteiger partial charge in [0.15, 0.2) is 0 Å². The van der Waals surface area contributed by atoms with Gasteiger partial charge >= 0.3 is 5.97 Å². The first kappa shape index (κ1) is 46.2. The van der Waals surface area contributed by atoms with E-state index in [-0.39, 0.29) is 49.7 Å². The summed E-state index contributed by atoms with van der Waals surface area (Å²) in [6, 6.07) is 0. The summed E-state index contributed by atoms with van der Waals surface area (Å²) in [4.78, 5) is 57.0. The highest BCUT2D eigenvalue weighted by Crippen LogP contribution is 2.39. The van der Waals surface area contributed by atoms with Crippen molar-refractivity contribution >= 4 is 23.4 Å². The number of cyclic esters (lactones) is 1. The van der Waals surface area contributed by atoms with Crippen LogP contribution in [0.3, 0.4) is 0 Å². The van der Waals surface area contributed by atoms with Crippen LogP contribution in [0.2, 0.25) is 0 Å². The highest BCUT2D eigenvalue weighted by molar-refractivity contribution is 6.38. The SMILES string of the molecule is CC[C@@H]1/C=C(\C)C[C@H](C)CC(OC)[C@H]2O[C@@](O)(C(=O)C(=O)N3CCC[C@H](C3)C(=O)OC(/C(C)=C/[C@@H]3CC[C@@H](O)[C@H](OC)C3)[C@H](C)[C@@H](O)CC1=O)[C@H](C)C[C@@H]2OC. The van der Waals surface area contributed by atoms with Crippen LogP contribution in [0.4, 0.5) is 0 Å². The third kappa shape index (κ3) is 10.9. The van der Waals surface area contributed by atoms with Gasteiger partial charge in [-0.25, -0.2) is 0 Å². The molecule has 1 amide bonds. The molecule has 0 aromatic heterocycles. The smallest absolute Gasteiger partial charge is 0.311 e. The number of ether oxygens (including phenoxy) is 5. The molecule has 3 heterocycles. The molecule has 3 fully saturated rings. The normalized spacial score (nSPS) is 41.6. The van der Waals surface area contributed by atoms with Crippen molar-refractivity contribution in [1.29, 1.82) is 0 Å². The maximum Gasteiger partial charge on any atom is 0.311 e. The first-order valence-electron chi connectivity index (χ1n) is 20.7. The van der Waals surface area contributed by atoms with Crippen LogP contribution in [-0.2, 0) is 42.9 Å². The van der Waals surface area contributed by atoms with Crippen molar-refractivity contribution < 1.29 is 58.2 Å². The Hall–Kier alpha value is -2.52. The molecule has 318 valence electrons. The number of piperidine rings is 1. The number of methoxy groups -OCH3 is 3. The molecule has 3 aliphatic heterocycles. The second-order valence-corrected chi connectivity index (χ2v) is 17.2. The Labute approximate surface area is 333 Å². The molecule has 4 bridgehead atoms. The molecule has 4 rings (SSSR count). The van der Waals surface area contributed by atoms with Crippen molar-refractivity contribution in [3.63, 3.8) is 0 Å². The van der Waals surface area contributed by atoms with Crippen LogP contribution < -0.4 is 0 Å². The van der Waals surface area contributed by atoms with E-state index in [1.54, 1.807) is 21.0 Å². The molecule has 1 saturated carbocycles. The summed E-state index contributed by atoms with van der Waals surface area (Å²) in [5, 5.41) is 33.9. The lowest BCUT2D eigenvalue weighted by atomic mass is 9.81. The predicted octanol–water partition coefficient (Wildman–Crippen LogP) is 4.33. The zero-order chi connectivity index (χ0) is 41.5. The van der Waals surface area contributed by atoms with Gasteiger partial charge in [-0.15, -0.1) is 0 Å². The minimum Gasteiger partial charge on any atom is -0.457 e. The number of fused-ring (bicyclic) bond motifs is 4. The number of hydrogen-bond donors (Lipinski definition) is 3. The van der Waals surface area contributed by atoms with Crippen molar-refractivity contribution in [2.75, 3.05) is 34.4 Å². The average molecular weight is 792 g/mol. The third-order valence-electron chi connectivity index (χ3n) is 12.9. The molecule has 14 atom stereocenters. The lowest BCUT2D eigenvalue weighted by molar-refractivity contribution is -0.302. The molecule has 2 unspecified atom stereocenters. The van der Waals surface area contributed by atoms with Crippen LogP contribution in [0.15, 0.2) is 23.3 Å². The van der Waals surface area contributed by atoms with Crippen LogP contribution >= 0.6 is 0 Å². The van der Waals surface area contributed by atoms with E-state index in [0.29, 0.717) is 56.9 Å². The molecule has 0 spiro atoms. The van der Waals surface area contributed by atoms with Gasteiger partial charge in [-0.3, -0.25) is 19.2 Å². The van der Waals surface area contributed by atoms with Crippen molar-refractivity contribution in [2.45, 2.75) is 154 Å². The van der Waals surface area contributed by atoms with E-state index in [4.69, 9.17) is 23.7 Å². The molecule has 4 aliphatic rings. The molecular formula is C43H69NO12. The number of rotatable bonds is 6. The summed E-state index contributed by atoms with van der Waals surface area (Å²) < 4.78 is 29.7. The number of esters is 1. The van der Waals surface area contributed by atoms with E-state index in [9.17, 15) is 34.5 Å². The first-order valence-corrected chi connectivity index (χ1v) is 20.7. The second-order valence-electron chi connectivity index (χ2n) is 17.2. The Morgan fingerprint density at radius 2 is 1.59 bits per heavy atom. The summed E-state index contributed by atoms with van der Waals surface area (Å²) in [6.45, 7) is 11.3. The Morgan fingerprint density at radius 1 is 0.929 bits per heavy atom. The van der Waals surface area contributed by atoms with Gasteiger partial charge in [-0.1, -0.05) is 45.4 Å². The molecule has 1 aliphatic carbocycles. The minimum atomic E-state index is -2.44. The zero-order valence-corrected chi connectivity index (χ0v) is 35.1. The van der Waals surface area contributed by atoms with Crippen LogP contribution in [0, 0.1) is 35.5 Å². The molecule has 0 aromatic rings. The van der Waals surface area contributed by atoms with Crippen molar-refractivity contribution in [3.8, 4) is 0 Å². The standard InChI is InChI=1S/C43H69NO12/c1-10-30-17-24(2)16-25(3)18-36(53-8)39-37(54-9)20-27(5)43(51,56-39)40(48)41(49)44-15-11-12-31(23-44)42(50)55-38(28(6)33(46)22-34(30)47)26(4)19-29-13-14-32(45)35(21-29)52-7/h17,19,25,27-33,35-39,45-46,51H,10-16,18,20-23H2,1-9H3/b24-17+,26-19+/t25-,27+,28+,29-,30+,31+,32+,33-,35+,36?,37-,38?,39+,43+/m0/s1. The second kappa shape index (κ2) is 20.4. The van der Waals surface area contributed by atoms with Gasteiger partial charge in [0, 0.05) is 58.6 Å². The topological polar surface area (TPSA) is 178 Å². The number of carbonyl (C=O) groups excluding carboxylic acids is 4. The summed E-state index contributed by atoms with van der Waals surface area (Å²) in [7, 11) is 4.64. The maximum absolute atomic E-state index is 14.0. The van der Waals surface area contributed by atoms with Gasteiger partial charge in [0.1, 0.15) is 18.0 Å². The molecule has 0 radical (unpaired) electrons. The van der Waals surface area contributed by atoms with Gasteiger partial charge in [-0.05, 0) is 89.0 Å². The minimum absolute atomic E-state index is 0.0317. The molecule has 13 nitrogen and oxygen atoms in total. The van der Waals surface area contributed by atoms with Crippen LogP contribution in [-0.4, -0.2) is 127 Å². The molecule has 0 aromatic carbocycles. The van der Waals surface area contributed by atoms with Crippen molar-refractivity contribution in [1.82, 2.24) is 4.90 Å². The van der Waals surface area contributed by atoms with E-state index >= 15 is 0 Å². The zero-order valence-electron chi connectivity index (χ0n) is 35.1. The van der Waals surface area contributed by atoms with Crippen LogP contribution in [0.5, 0.6) is 0 Å². The van der Waals surface area contributed by atoms with Gasteiger partial charge in [0.25, 0.3) is 11.7 Å². The number of hydrogen-bond acceptors (Lipinski definition) is 12. The Morgan fingerprint density at radius 3 is 2.23 bits per heavy atom. The molecule has 56 heavy (non-hydrogen) atoms. The fourth-order valence-corrected chi connectivity index (χ4v) is 9.36. The maximum atomic E-state index is 14.0. The number of nitrogens with zero attached hydrogens (tertiary/aromatic N) is 1. The summed E-state index contributed by atoms with van der Waals surface area (Å²) in [5.74, 6) is -7.74. The van der Waals surface area contributed by atoms with Crippen LogP contribution in [0.25, 0.3) is 0 Å². The highest BCUT2D eigenvalue weighted by atomic mass is 16.7. The molecular weight excluding hydrogens is 722 g/mol. The number of aliphatic hydroxyl groups is 3. The lowest BCUT2D eigenvalue weighted by Crippen LogP contribution is -2.63. The summed E-state index contributed by atoms with van der Waals surface area (Å²) in [6.07, 6.45) is 3.54. The van der Waals surface area contributed by atoms with E-state index in [0.717, 1.165) is 5.57 Å². The quantitative estimate of drug-likeness (QED) is 0.197. The molecule has 13 heteroatoms. The largest absolute Gasteiger partial charge is 0.457 e. The molecule has 3 N–H and O–H groups in total. The van der Waals surface area contributed by atoms with Crippen molar-refractivity contribution in [3.05, 3.63) is 23.3 Å². The van der Waals surface area contributed by atoms with Crippen LogP contribution in [0.1, 0.15) is 106 Å². The highest BCUT2D eigenvalue weighted by Gasteiger charge is 2.56. The van der Waals surface area contributed by atoms with E-state index < -0.39 is 83.7 Å². The number of aliphatic hydroxyl groups excluding tert-OH is 2. The van der Waals surface area contributed by atoms with Crippen molar-refractivity contribution in [2.24, 2.45) is 35.5 Å². The van der Waals surface area contributed by atoms with E-state index in [2.05, 4.69) is 6.92 Å². The third-order valence-corrected chi connectivity index (χ3v) is 12.9. The van der Waals surface area contributed by atoms with Gasteiger partial charge < -0.3 is 43.9 Å². The number of ketones is 2. The fraction of sp³-hybridized carbons (Fsp3) is 0.814. The number of amides is 1. The Balaban J connectivity index is 1.71. The van der Waals surface area contributed by atoms with Gasteiger partial charge in [0.2, 0.25) is 5.79 Å². The van der Waals surface area contributed by atoms with Gasteiger partial charge in [-0.2, -0.15) is 0 Å². The van der Waals surface area contributed by atoms with E-state index in [1.165, 1.54) is 19.1 Å². The average Bonchev–Trinajstić information content (AvgIpc) is 3.18. The predicted molar refractivity (Wildman–Crippen MR) is 208 cm³/mol.